The number of hydrogen-bond donors (Lipinski definition) is 1. The van der Waals surface area contributed by atoms with E-state index < -0.39 is 17.7 Å². The molecule has 33 heavy (non-hydrogen) atoms. The molecule has 0 aliphatic heterocycles. The minimum atomic E-state index is -4.79. The summed E-state index contributed by atoms with van der Waals surface area (Å²) in [5, 5.41) is 13.8. The Bertz CT molecular complexity index is 1020. The van der Waals surface area contributed by atoms with Gasteiger partial charge < -0.3 is 14.4 Å². The van der Waals surface area contributed by atoms with Crippen LogP contribution in [0.2, 0.25) is 0 Å². The maximum atomic E-state index is 12.9. The van der Waals surface area contributed by atoms with Crippen LogP contribution in [0, 0.1) is 10.8 Å². The summed E-state index contributed by atoms with van der Waals surface area (Å²) >= 11 is 0. The average Bonchev–Trinajstić information content (AvgIpc) is 3.54. The van der Waals surface area contributed by atoms with Crippen molar-refractivity contribution in [3.63, 3.8) is 0 Å². The Morgan fingerprint density at radius 2 is 1.79 bits per heavy atom. The van der Waals surface area contributed by atoms with Gasteiger partial charge in [-0.05, 0) is 88.2 Å². The van der Waals surface area contributed by atoms with Crippen LogP contribution in [-0.2, 0) is 11.2 Å². The van der Waals surface area contributed by atoms with Crippen LogP contribution in [0.1, 0.15) is 81.4 Å². The molecular formula is C25H28F3NO4. The summed E-state index contributed by atoms with van der Waals surface area (Å²) in [6, 6.07) is 6.07. The van der Waals surface area contributed by atoms with Crippen LogP contribution in [-0.4, -0.2) is 22.6 Å². The van der Waals surface area contributed by atoms with E-state index in [-0.39, 0.29) is 17.1 Å². The van der Waals surface area contributed by atoms with Crippen LogP contribution in [0.3, 0.4) is 0 Å². The van der Waals surface area contributed by atoms with Crippen LogP contribution in [0.25, 0.3) is 11.3 Å². The van der Waals surface area contributed by atoms with Crippen molar-refractivity contribution in [2.24, 2.45) is 10.8 Å². The molecule has 1 heterocycles. The van der Waals surface area contributed by atoms with Crippen molar-refractivity contribution in [3.8, 4) is 17.0 Å². The van der Waals surface area contributed by atoms with Crippen LogP contribution in [0.4, 0.5) is 13.2 Å². The Labute approximate surface area is 190 Å². The summed E-state index contributed by atoms with van der Waals surface area (Å²) in [6.07, 6.45) is 4.81. The van der Waals surface area contributed by atoms with Crippen molar-refractivity contribution in [2.45, 2.75) is 82.9 Å². The number of aliphatic carboxylic acids is 1. The largest absolute Gasteiger partial charge is 0.573 e. The van der Waals surface area contributed by atoms with Gasteiger partial charge in [0.1, 0.15) is 17.2 Å². The van der Waals surface area contributed by atoms with Crippen LogP contribution < -0.4 is 4.74 Å². The third-order valence-electron chi connectivity index (χ3n) is 8.12. The molecule has 5 nitrogen and oxygen atoms in total. The van der Waals surface area contributed by atoms with E-state index in [1.807, 2.05) is 0 Å². The second-order valence-electron chi connectivity index (χ2n) is 10.1. The zero-order chi connectivity index (χ0) is 23.3. The molecule has 4 saturated carbocycles. The van der Waals surface area contributed by atoms with Crippen molar-refractivity contribution in [1.82, 2.24) is 5.16 Å². The normalized spacial score (nSPS) is 27.0. The first-order valence-electron chi connectivity index (χ1n) is 11.8. The SMILES string of the molecule is O=C(O)C12CCC(CCCc3c(-c4ccccc4OC(F)(F)F)noc3C3CC3)(CC1)CC2. The molecular weight excluding hydrogens is 435 g/mol. The van der Waals surface area contributed by atoms with Crippen molar-refractivity contribution >= 4 is 5.97 Å². The number of fused-ring (bicyclic) bond motifs is 3. The number of hydrogen-bond acceptors (Lipinski definition) is 4. The van der Waals surface area contributed by atoms with Gasteiger partial charge in [0.25, 0.3) is 0 Å². The van der Waals surface area contributed by atoms with Crippen LogP contribution >= 0.6 is 0 Å². The van der Waals surface area contributed by atoms with Gasteiger partial charge >= 0.3 is 12.3 Å². The molecule has 4 aliphatic carbocycles. The number of benzene rings is 1. The standard InChI is InChI=1S/C25H28F3NO4/c26-25(27,28)32-19-6-2-1-4-17(19)20-18(21(33-29-20)16-7-8-16)5-3-9-23-10-13-24(14-11-23,15-12-23)22(30)31/h1-2,4,6,16H,3,5,7-15H2,(H,30,31). The Morgan fingerprint density at radius 3 is 2.39 bits per heavy atom. The maximum absolute atomic E-state index is 12.9. The average molecular weight is 463 g/mol. The Morgan fingerprint density at radius 1 is 1.12 bits per heavy atom. The van der Waals surface area contributed by atoms with Gasteiger partial charge in [-0.25, -0.2) is 0 Å². The van der Waals surface area contributed by atoms with E-state index in [0.29, 0.717) is 17.7 Å². The highest BCUT2D eigenvalue weighted by Crippen LogP contribution is 2.59. The van der Waals surface area contributed by atoms with E-state index in [9.17, 15) is 23.1 Å². The summed E-state index contributed by atoms with van der Waals surface area (Å²) in [6.45, 7) is 0. The van der Waals surface area contributed by atoms with Gasteiger partial charge in [-0.1, -0.05) is 17.3 Å². The predicted molar refractivity (Wildman–Crippen MR) is 114 cm³/mol. The molecule has 0 saturated heterocycles. The molecule has 1 aromatic heterocycles. The molecule has 0 atom stereocenters. The molecule has 1 aromatic carbocycles. The van der Waals surface area contributed by atoms with E-state index in [2.05, 4.69) is 9.89 Å². The topological polar surface area (TPSA) is 72.6 Å². The van der Waals surface area contributed by atoms with Gasteiger partial charge in [-0.15, -0.1) is 13.2 Å². The second-order valence-corrected chi connectivity index (χ2v) is 10.1. The summed E-state index contributed by atoms with van der Waals surface area (Å²) in [4.78, 5) is 11.7. The molecule has 0 amide bonds. The first-order chi connectivity index (χ1) is 15.7. The lowest BCUT2D eigenvalue weighted by molar-refractivity contribution is -0.274. The molecule has 178 valence electrons. The van der Waals surface area contributed by atoms with Gasteiger partial charge in [-0.2, -0.15) is 0 Å². The Hall–Kier alpha value is -2.51. The number of aromatic nitrogens is 1. The number of carboxylic acids is 1. The first-order valence-corrected chi connectivity index (χ1v) is 11.8. The lowest BCUT2D eigenvalue weighted by Gasteiger charge is -2.51. The molecule has 2 aromatic rings. The maximum Gasteiger partial charge on any atom is 0.573 e. The van der Waals surface area contributed by atoms with Gasteiger partial charge in [0.15, 0.2) is 0 Å². The van der Waals surface area contributed by atoms with E-state index in [1.165, 1.54) is 12.1 Å². The fourth-order valence-electron chi connectivity index (χ4n) is 5.92. The zero-order valence-electron chi connectivity index (χ0n) is 18.4. The van der Waals surface area contributed by atoms with Crippen molar-refractivity contribution in [1.29, 1.82) is 0 Å². The van der Waals surface area contributed by atoms with Crippen molar-refractivity contribution in [3.05, 3.63) is 35.6 Å². The van der Waals surface area contributed by atoms with Gasteiger partial charge in [0, 0.05) is 17.0 Å². The molecule has 0 spiro atoms. The number of rotatable bonds is 8. The summed E-state index contributed by atoms with van der Waals surface area (Å²) < 4.78 is 48.8. The molecule has 4 aliphatic rings. The molecule has 0 radical (unpaired) electrons. The fraction of sp³-hybridized carbons (Fsp3) is 0.600. The number of nitrogens with zero attached hydrogens (tertiary/aromatic N) is 1. The number of para-hydroxylation sites is 1. The number of ether oxygens (including phenoxy) is 1. The van der Waals surface area contributed by atoms with Gasteiger partial charge in [0.05, 0.1) is 5.41 Å². The number of carbonyl (C=O) groups is 1. The van der Waals surface area contributed by atoms with E-state index >= 15 is 0 Å². The van der Waals surface area contributed by atoms with E-state index in [1.54, 1.807) is 12.1 Å². The van der Waals surface area contributed by atoms with Crippen molar-refractivity contribution < 1.29 is 32.3 Å². The highest BCUT2D eigenvalue weighted by Gasteiger charge is 2.52. The molecule has 1 N–H and O–H groups in total. The highest BCUT2D eigenvalue weighted by molar-refractivity contribution is 5.75. The predicted octanol–water partition coefficient (Wildman–Crippen LogP) is 6.87. The minimum Gasteiger partial charge on any atom is -0.481 e. The van der Waals surface area contributed by atoms with E-state index in [4.69, 9.17) is 4.52 Å². The van der Waals surface area contributed by atoms with Gasteiger partial charge in [0.2, 0.25) is 0 Å². The second kappa shape index (κ2) is 8.06. The molecule has 2 bridgehead atoms. The fourth-order valence-corrected chi connectivity index (χ4v) is 5.92. The van der Waals surface area contributed by atoms with Gasteiger partial charge in [-0.3, -0.25) is 4.79 Å². The number of alkyl halides is 3. The summed E-state index contributed by atoms with van der Waals surface area (Å²) in [5.41, 5.74) is 1.28. The van der Waals surface area contributed by atoms with Crippen LogP contribution in [0.15, 0.2) is 28.8 Å². The molecule has 0 unspecified atom stereocenters. The molecule has 8 heteroatoms. The summed E-state index contributed by atoms with van der Waals surface area (Å²) in [5.74, 6) is 0.154. The highest BCUT2D eigenvalue weighted by atomic mass is 19.4. The smallest absolute Gasteiger partial charge is 0.481 e. The lowest BCUT2D eigenvalue weighted by Crippen LogP contribution is -2.45. The third-order valence-corrected chi connectivity index (χ3v) is 8.12. The molecule has 6 rings (SSSR count). The molecule has 4 fully saturated rings. The number of halogens is 3. The first kappa shape index (κ1) is 22.3. The summed E-state index contributed by atoms with van der Waals surface area (Å²) in [7, 11) is 0. The quantitative estimate of drug-likeness (QED) is 0.463. The minimum absolute atomic E-state index is 0.186. The Kier molecular flexibility index (Phi) is 5.45. The van der Waals surface area contributed by atoms with Crippen molar-refractivity contribution in [2.75, 3.05) is 0 Å². The zero-order valence-corrected chi connectivity index (χ0v) is 18.4. The lowest BCUT2D eigenvalue weighted by atomic mass is 9.52. The third kappa shape index (κ3) is 4.36. The number of carboxylic acid groups (broad SMARTS) is 1. The monoisotopic (exact) mass is 463 g/mol. The van der Waals surface area contributed by atoms with Crippen LogP contribution in [0.5, 0.6) is 5.75 Å². The Balaban J connectivity index is 1.34. The van der Waals surface area contributed by atoms with E-state index in [0.717, 1.165) is 75.5 Å².